The Morgan fingerprint density at radius 2 is 2.18 bits per heavy atom. The number of nitro benzene ring substituents is 2. The van der Waals surface area contributed by atoms with Crippen LogP contribution in [0.4, 0.5) is 17.1 Å². The van der Waals surface area contributed by atoms with E-state index in [-0.39, 0.29) is 11.4 Å². The molecule has 0 spiro atoms. The van der Waals surface area contributed by atoms with Crippen molar-refractivity contribution in [3.8, 4) is 0 Å². The van der Waals surface area contributed by atoms with Gasteiger partial charge in [0, 0.05) is 13.7 Å². The number of hydrogen-bond acceptors (Lipinski definition) is 6. The van der Waals surface area contributed by atoms with Crippen LogP contribution >= 0.6 is 0 Å². The van der Waals surface area contributed by atoms with E-state index in [9.17, 15) is 20.2 Å². The summed E-state index contributed by atoms with van der Waals surface area (Å²) < 4.78 is 7.16. The van der Waals surface area contributed by atoms with Gasteiger partial charge in [-0.1, -0.05) is 6.92 Å². The lowest BCUT2D eigenvalue weighted by atomic mass is 10.2. The van der Waals surface area contributed by atoms with Crippen molar-refractivity contribution in [3.63, 3.8) is 0 Å². The molecule has 0 heterocycles. The third-order valence-electron chi connectivity index (χ3n) is 1.80. The van der Waals surface area contributed by atoms with Gasteiger partial charge in [0.2, 0.25) is 0 Å². The van der Waals surface area contributed by atoms with Crippen LogP contribution in [0.15, 0.2) is 23.3 Å². The zero-order valence-corrected chi connectivity index (χ0v) is 8.86. The molecule has 0 aromatic heterocycles. The monoisotopic (exact) mass is 239 g/mol. The van der Waals surface area contributed by atoms with Crippen molar-refractivity contribution in [1.82, 2.24) is 0 Å². The zero-order chi connectivity index (χ0) is 13.7. The highest BCUT2D eigenvalue weighted by molar-refractivity contribution is 5.67. The Balaban J connectivity index is 3.04. The minimum Gasteiger partial charge on any atom is -0.272 e. The SMILES string of the molecule is [2H]C(C)/C=N/Nc1ccc([N+](=O)[O-])cc1[N+](=O)[O-]. The number of hydrogen-bond donors (Lipinski definition) is 1. The molecule has 0 bridgehead atoms. The average molecular weight is 239 g/mol. The molecule has 0 radical (unpaired) electrons. The van der Waals surface area contributed by atoms with Crippen molar-refractivity contribution in [2.75, 3.05) is 5.43 Å². The van der Waals surface area contributed by atoms with Crippen molar-refractivity contribution >= 4 is 23.3 Å². The second-order valence-electron chi connectivity index (χ2n) is 2.94. The molecule has 1 unspecified atom stereocenters. The van der Waals surface area contributed by atoms with E-state index in [0.717, 1.165) is 12.1 Å². The molecule has 0 saturated heterocycles. The first kappa shape index (κ1) is 11.0. The molecule has 0 amide bonds. The van der Waals surface area contributed by atoms with E-state index in [0.29, 0.717) is 0 Å². The minimum atomic E-state index is -0.741. The van der Waals surface area contributed by atoms with Gasteiger partial charge in [-0.2, -0.15) is 5.10 Å². The van der Waals surface area contributed by atoms with Crippen molar-refractivity contribution in [1.29, 1.82) is 0 Å². The fraction of sp³-hybridized carbons (Fsp3) is 0.222. The molecule has 1 aromatic carbocycles. The molecule has 1 aromatic rings. The van der Waals surface area contributed by atoms with Gasteiger partial charge in [-0.05, 0) is 12.5 Å². The third kappa shape index (κ3) is 3.23. The van der Waals surface area contributed by atoms with Gasteiger partial charge >= 0.3 is 5.69 Å². The molecule has 90 valence electrons. The first-order valence-corrected chi connectivity index (χ1v) is 4.56. The number of nitro groups is 2. The average Bonchev–Trinajstić information content (AvgIpc) is 2.28. The van der Waals surface area contributed by atoms with Gasteiger partial charge in [0.25, 0.3) is 5.69 Å². The second-order valence-corrected chi connectivity index (χ2v) is 2.94. The lowest BCUT2D eigenvalue weighted by molar-refractivity contribution is -0.393. The highest BCUT2D eigenvalue weighted by Gasteiger charge is 2.18. The van der Waals surface area contributed by atoms with Gasteiger partial charge in [0.05, 0.1) is 15.9 Å². The molecule has 0 aliphatic heterocycles. The number of hydrazone groups is 1. The Labute approximate surface area is 97.7 Å². The number of benzene rings is 1. The van der Waals surface area contributed by atoms with E-state index in [1.54, 1.807) is 6.92 Å². The molecule has 1 rings (SSSR count). The number of non-ortho nitro benzene ring substituents is 1. The lowest BCUT2D eigenvalue weighted by Gasteiger charge is -2.01. The number of rotatable bonds is 5. The summed E-state index contributed by atoms with van der Waals surface area (Å²) in [5.74, 6) is 0. The molecule has 0 aliphatic rings. The molecular formula is C9H10N4O4. The quantitative estimate of drug-likeness (QED) is 0.481. The van der Waals surface area contributed by atoms with Crippen molar-refractivity contribution in [2.24, 2.45) is 5.10 Å². The molecule has 8 nitrogen and oxygen atoms in total. The van der Waals surface area contributed by atoms with Crippen LogP contribution in [0.3, 0.4) is 0 Å². The summed E-state index contributed by atoms with van der Waals surface area (Å²) in [6.45, 7) is 1.56. The van der Waals surface area contributed by atoms with Crippen LogP contribution in [0, 0.1) is 20.2 Å². The summed E-state index contributed by atoms with van der Waals surface area (Å²) in [7, 11) is 0. The van der Waals surface area contributed by atoms with Crippen LogP contribution in [0.1, 0.15) is 14.7 Å². The Morgan fingerprint density at radius 1 is 1.47 bits per heavy atom. The Morgan fingerprint density at radius 3 is 2.71 bits per heavy atom. The maximum absolute atomic E-state index is 10.7. The minimum absolute atomic E-state index is 0.0301. The molecule has 0 aliphatic carbocycles. The Kier molecular flexibility index (Phi) is 3.58. The van der Waals surface area contributed by atoms with Gasteiger partial charge in [-0.15, -0.1) is 0 Å². The van der Waals surface area contributed by atoms with E-state index < -0.39 is 21.9 Å². The van der Waals surface area contributed by atoms with Crippen LogP contribution in [0.2, 0.25) is 0 Å². The predicted molar refractivity (Wildman–Crippen MR) is 62.2 cm³/mol. The zero-order valence-electron chi connectivity index (χ0n) is 9.86. The first-order valence-electron chi connectivity index (χ1n) is 5.14. The summed E-state index contributed by atoms with van der Waals surface area (Å²) in [6, 6.07) is 3.18. The van der Waals surface area contributed by atoms with Crippen LogP contribution < -0.4 is 5.43 Å². The molecule has 8 heteroatoms. The van der Waals surface area contributed by atoms with Crippen molar-refractivity contribution in [3.05, 3.63) is 38.4 Å². The maximum Gasteiger partial charge on any atom is 0.301 e. The summed E-state index contributed by atoms with van der Waals surface area (Å²) in [4.78, 5) is 19.8. The third-order valence-corrected chi connectivity index (χ3v) is 1.80. The topological polar surface area (TPSA) is 111 Å². The van der Waals surface area contributed by atoms with Gasteiger partial charge in [0.15, 0.2) is 0 Å². The van der Waals surface area contributed by atoms with Gasteiger partial charge < -0.3 is 0 Å². The van der Waals surface area contributed by atoms with E-state index in [1.165, 1.54) is 12.3 Å². The molecule has 1 N–H and O–H groups in total. The van der Waals surface area contributed by atoms with Crippen LogP contribution in [-0.4, -0.2) is 16.1 Å². The van der Waals surface area contributed by atoms with E-state index in [1.807, 2.05) is 0 Å². The summed E-state index contributed by atoms with van der Waals surface area (Å²) in [5, 5.41) is 24.9. The molecule has 17 heavy (non-hydrogen) atoms. The second kappa shape index (κ2) is 5.54. The predicted octanol–water partition coefficient (Wildman–Crippen LogP) is 2.31. The Hall–Kier alpha value is -2.51. The van der Waals surface area contributed by atoms with Gasteiger partial charge in [-0.3, -0.25) is 25.7 Å². The fourth-order valence-corrected chi connectivity index (χ4v) is 1.06. The van der Waals surface area contributed by atoms with Crippen LogP contribution in [-0.2, 0) is 0 Å². The molecule has 0 saturated carbocycles. The van der Waals surface area contributed by atoms with E-state index >= 15 is 0 Å². The van der Waals surface area contributed by atoms with Gasteiger partial charge in [0.1, 0.15) is 5.69 Å². The Bertz CT molecular complexity index is 503. The van der Waals surface area contributed by atoms with Gasteiger partial charge in [-0.25, -0.2) is 0 Å². The normalized spacial score (nSPS) is 13.1. The lowest BCUT2D eigenvalue weighted by Crippen LogP contribution is -1.98. The van der Waals surface area contributed by atoms with E-state index in [4.69, 9.17) is 1.37 Å². The smallest absolute Gasteiger partial charge is 0.272 e. The fourth-order valence-electron chi connectivity index (χ4n) is 1.06. The standard InChI is InChI=1S/C9H10N4O4/c1-2-5-10-11-8-4-3-7(12(14)15)6-9(8)13(16)17/h3-6,11H,2H2,1H3/b10-5+/i2D. The van der Waals surface area contributed by atoms with Crippen molar-refractivity contribution in [2.45, 2.75) is 13.3 Å². The number of anilines is 1. The number of nitrogens with zero attached hydrogens (tertiary/aromatic N) is 3. The largest absolute Gasteiger partial charge is 0.301 e. The number of nitrogens with one attached hydrogen (secondary N) is 1. The highest BCUT2D eigenvalue weighted by atomic mass is 16.6. The summed E-state index contributed by atoms with van der Waals surface area (Å²) in [6.07, 6.45) is 0.681. The van der Waals surface area contributed by atoms with Crippen LogP contribution in [0.25, 0.3) is 0 Å². The summed E-state index contributed by atoms with van der Waals surface area (Å²) in [5.41, 5.74) is 1.59. The maximum atomic E-state index is 10.7. The molecule has 1 atom stereocenters. The highest BCUT2D eigenvalue weighted by Crippen LogP contribution is 2.28. The van der Waals surface area contributed by atoms with Crippen molar-refractivity contribution < 1.29 is 11.2 Å². The molecular weight excluding hydrogens is 228 g/mol. The summed E-state index contributed by atoms with van der Waals surface area (Å²) >= 11 is 0. The first-order chi connectivity index (χ1) is 8.41. The van der Waals surface area contributed by atoms with Crippen LogP contribution in [0.5, 0.6) is 0 Å². The van der Waals surface area contributed by atoms with E-state index in [2.05, 4.69) is 10.5 Å². The molecule has 0 fully saturated rings.